The van der Waals surface area contributed by atoms with Gasteiger partial charge in [0.25, 0.3) is 5.56 Å². The molecule has 0 spiro atoms. The SMILES string of the molecule is CNC(=O)CSc1nc2cc(C(=O)OC)ccc2c(=O)n1CC(C)C. The Morgan fingerprint density at radius 3 is 2.68 bits per heavy atom. The molecule has 0 fully saturated rings. The Bertz CT molecular complexity index is 861. The van der Waals surface area contributed by atoms with E-state index in [1.165, 1.54) is 24.9 Å². The van der Waals surface area contributed by atoms with E-state index in [-0.39, 0.29) is 23.1 Å². The van der Waals surface area contributed by atoms with E-state index in [4.69, 9.17) is 4.74 Å². The van der Waals surface area contributed by atoms with Crippen LogP contribution in [0.2, 0.25) is 0 Å². The van der Waals surface area contributed by atoms with Gasteiger partial charge in [0.05, 0.1) is 29.3 Å². The lowest BCUT2D eigenvalue weighted by Gasteiger charge is -2.15. The summed E-state index contributed by atoms with van der Waals surface area (Å²) in [6.07, 6.45) is 0. The summed E-state index contributed by atoms with van der Waals surface area (Å²) in [6, 6.07) is 4.67. The largest absolute Gasteiger partial charge is 0.465 e. The van der Waals surface area contributed by atoms with Crippen LogP contribution in [0.4, 0.5) is 0 Å². The Labute approximate surface area is 149 Å². The van der Waals surface area contributed by atoms with Crippen LogP contribution in [0.15, 0.2) is 28.2 Å². The van der Waals surface area contributed by atoms with Crippen molar-refractivity contribution in [2.75, 3.05) is 19.9 Å². The molecule has 134 valence electrons. The van der Waals surface area contributed by atoms with Crippen LogP contribution < -0.4 is 10.9 Å². The third-order valence-electron chi connectivity index (χ3n) is 3.50. The lowest BCUT2D eigenvalue weighted by atomic mass is 10.1. The van der Waals surface area contributed by atoms with E-state index in [0.29, 0.717) is 28.2 Å². The number of carbonyl (C=O) groups excluding carboxylic acids is 2. The van der Waals surface area contributed by atoms with Crippen LogP contribution >= 0.6 is 11.8 Å². The molecule has 8 heteroatoms. The average molecular weight is 363 g/mol. The third kappa shape index (κ3) is 4.39. The molecule has 7 nitrogen and oxygen atoms in total. The molecule has 0 bridgehead atoms. The summed E-state index contributed by atoms with van der Waals surface area (Å²) in [4.78, 5) is 40.6. The van der Waals surface area contributed by atoms with Crippen LogP contribution in [0.25, 0.3) is 10.9 Å². The Hall–Kier alpha value is -2.35. The first kappa shape index (κ1) is 19.0. The number of methoxy groups -OCH3 is 1. The zero-order chi connectivity index (χ0) is 18.6. The molecule has 1 aromatic heterocycles. The predicted octanol–water partition coefficient (Wildman–Crippen LogP) is 1.68. The Balaban J connectivity index is 2.58. The summed E-state index contributed by atoms with van der Waals surface area (Å²) < 4.78 is 6.29. The van der Waals surface area contributed by atoms with Crippen LogP contribution in [-0.4, -0.2) is 41.3 Å². The molecule has 0 radical (unpaired) electrons. The molecule has 1 aromatic carbocycles. The summed E-state index contributed by atoms with van der Waals surface area (Å²) in [5, 5.41) is 3.43. The average Bonchev–Trinajstić information content (AvgIpc) is 2.60. The minimum Gasteiger partial charge on any atom is -0.465 e. The van der Waals surface area contributed by atoms with Crippen LogP contribution in [0.5, 0.6) is 0 Å². The van der Waals surface area contributed by atoms with Gasteiger partial charge in [0.15, 0.2) is 5.16 Å². The fraction of sp³-hybridized carbons (Fsp3) is 0.412. The molecule has 1 amide bonds. The lowest BCUT2D eigenvalue weighted by Crippen LogP contribution is -2.27. The number of benzene rings is 1. The molecule has 0 unspecified atom stereocenters. The van der Waals surface area contributed by atoms with Gasteiger partial charge in [-0.1, -0.05) is 25.6 Å². The number of ether oxygens (including phenoxy) is 1. The van der Waals surface area contributed by atoms with Crippen LogP contribution in [0.3, 0.4) is 0 Å². The highest BCUT2D eigenvalue weighted by Crippen LogP contribution is 2.20. The Kier molecular flexibility index (Phi) is 6.19. The van der Waals surface area contributed by atoms with Gasteiger partial charge in [0.1, 0.15) is 0 Å². The highest BCUT2D eigenvalue weighted by molar-refractivity contribution is 7.99. The van der Waals surface area contributed by atoms with E-state index in [9.17, 15) is 14.4 Å². The van der Waals surface area contributed by atoms with Crippen molar-refractivity contribution in [2.45, 2.75) is 25.5 Å². The minimum absolute atomic E-state index is 0.154. The summed E-state index contributed by atoms with van der Waals surface area (Å²) in [6.45, 7) is 4.50. The van der Waals surface area contributed by atoms with E-state index in [1.807, 2.05) is 13.8 Å². The molecular weight excluding hydrogens is 342 g/mol. The third-order valence-corrected chi connectivity index (χ3v) is 4.48. The monoisotopic (exact) mass is 363 g/mol. The number of amides is 1. The molecular formula is C17H21N3O4S. The smallest absolute Gasteiger partial charge is 0.337 e. The molecule has 2 aromatic rings. The summed E-state index contributed by atoms with van der Waals surface area (Å²) in [7, 11) is 2.85. The van der Waals surface area contributed by atoms with Gasteiger partial charge in [-0.2, -0.15) is 0 Å². The van der Waals surface area contributed by atoms with Gasteiger partial charge >= 0.3 is 5.97 Å². The van der Waals surface area contributed by atoms with E-state index in [0.717, 1.165) is 0 Å². The van der Waals surface area contributed by atoms with Crippen molar-refractivity contribution >= 4 is 34.5 Å². The zero-order valence-corrected chi connectivity index (χ0v) is 15.5. The number of aromatic nitrogens is 2. The number of carbonyl (C=O) groups is 2. The van der Waals surface area contributed by atoms with Crippen molar-refractivity contribution in [3.8, 4) is 0 Å². The van der Waals surface area contributed by atoms with Gasteiger partial charge in [0.2, 0.25) is 5.91 Å². The minimum atomic E-state index is -0.491. The number of hydrogen-bond donors (Lipinski definition) is 1. The van der Waals surface area contributed by atoms with Crippen molar-refractivity contribution in [3.63, 3.8) is 0 Å². The van der Waals surface area contributed by atoms with Crippen molar-refractivity contribution in [3.05, 3.63) is 34.1 Å². The maximum absolute atomic E-state index is 12.8. The van der Waals surface area contributed by atoms with Crippen LogP contribution in [0, 0.1) is 5.92 Å². The Morgan fingerprint density at radius 2 is 2.08 bits per heavy atom. The van der Waals surface area contributed by atoms with Gasteiger partial charge in [-0.05, 0) is 24.1 Å². The first-order valence-electron chi connectivity index (χ1n) is 7.83. The van der Waals surface area contributed by atoms with E-state index < -0.39 is 5.97 Å². The number of esters is 1. The van der Waals surface area contributed by atoms with Crippen molar-refractivity contribution in [1.29, 1.82) is 0 Å². The predicted molar refractivity (Wildman–Crippen MR) is 97.0 cm³/mol. The van der Waals surface area contributed by atoms with Crippen molar-refractivity contribution in [2.24, 2.45) is 5.92 Å². The Morgan fingerprint density at radius 1 is 1.36 bits per heavy atom. The standard InChI is InChI=1S/C17H21N3O4S/c1-10(2)8-20-15(22)12-6-5-11(16(23)24-4)7-13(12)19-17(20)25-9-14(21)18-3/h5-7,10H,8-9H2,1-4H3,(H,18,21). The number of fused-ring (bicyclic) bond motifs is 1. The fourth-order valence-electron chi connectivity index (χ4n) is 2.28. The maximum Gasteiger partial charge on any atom is 0.337 e. The molecule has 1 N–H and O–H groups in total. The highest BCUT2D eigenvalue weighted by atomic mass is 32.2. The number of thioether (sulfide) groups is 1. The number of hydrogen-bond acceptors (Lipinski definition) is 6. The highest BCUT2D eigenvalue weighted by Gasteiger charge is 2.16. The topological polar surface area (TPSA) is 90.3 Å². The number of nitrogens with zero attached hydrogens (tertiary/aromatic N) is 2. The lowest BCUT2D eigenvalue weighted by molar-refractivity contribution is -0.118. The molecule has 0 aliphatic carbocycles. The summed E-state index contributed by atoms with van der Waals surface area (Å²) in [5.74, 6) is -0.248. The molecule has 0 saturated heterocycles. The molecule has 2 rings (SSSR count). The van der Waals surface area contributed by atoms with E-state index >= 15 is 0 Å². The van der Waals surface area contributed by atoms with Crippen LogP contribution in [0.1, 0.15) is 24.2 Å². The van der Waals surface area contributed by atoms with Gasteiger partial charge in [-0.15, -0.1) is 0 Å². The number of nitrogens with one attached hydrogen (secondary N) is 1. The summed E-state index contributed by atoms with van der Waals surface area (Å²) >= 11 is 1.19. The summed E-state index contributed by atoms with van der Waals surface area (Å²) in [5.41, 5.74) is 0.549. The number of rotatable bonds is 6. The second-order valence-electron chi connectivity index (χ2n) is 5.89. The van der Waals surface area contributed by atoms with Crippen molar-refractivity contribution < 1.29 is 14.3 Å². The normalized spacial score (nSPS) is 10.9. The van der Waals surface area contributed by atoms with E-state index in [2.05, 4.69) is 10.3 Å². The second-order valence-corrected chi connectivity index (χ2v) is 6.83. The zero-order valence-electron chi connectivity index (χ0n) is 14.7. The van der Waals surface area contributed by atoms with Gasteiger partial charge in [-0.25, -0.2) is 9.78 Å². The van der Waals surface area contributed by atoms with E-state index in [1.54, 1.807) is 23.7 Å². The fourth-order valence-corrected chi connectivity index (χ4v) is 3.16. The quantitative estimate of drug-likeness (QED) is 0.477. The molecule has 0 atom stereocenters. The second kappa shape index (κ2) is 8.15. The first-order chi connectivity index (χ1) is 11.9. The van der Waals surface area contributed by atoms with Gasteiger partial charge in [-0.3, -0.25) is 14.2 Å². The molecule has 25 heavy (non-hydrogen) atoms. The maximum atomic E-state index is 12.8. The van der Waals surface area contributed by atoms with Gasteiger partial charge < -0.3 is 10.1 Å². The van der Waals surface area contributed by atoms with Crippen LogP contribution in [-0.2, 0) is 16.1 Å². The van der Waals surface area contributed by atoms with Crippen molar-refractivity contribution in [1.82, 2.24) is 14.9 Å². The first-order valence-corrected chi connectivity index (χ1v) is 8.82. The molecule has 1 heterocycles. The molecule has 0 aliphatic heterocycles. The van der Waals surface area contributed by atoms with Gasteiger partial charge in [0, 0.05) is 13.6 Å². The molecule has 0 saturated carbocycles. The molecule has 0 aliphatic rings.